The molecule has 1 heterocycles. The summed E-state index contributed by atoms with van der Waals surface area (Å²) in [5, 5.41) is 3.05. The van der Waals surface area contributed by atoms with Crippen LogP contribution in [-0.2, 0) is 17.8 Å². The third kappa shape index (κ3) is 5.30. The molecule has 1 unspecified atom stereocenters. The van der Waals surface area contributed by atoms with Gasteiger partial charge in [-0.3, -0.25) is 9.69 Å². The largest absolute Gasteiger partial charge is 0.399 e. The zero-order chi connectivity index (χ0) is 18.4. The van der Waals surface area contributed by atoms with Crippen molar-refractivity contribution in [1.29, 1.82) is 0 Å². The minimum Gasteiger partial charge on any atom is -0.399 e. The van der Waals surface area contributed by atoms with Crippen LogP contribution < -0.4 is 11.1 Å². The first-order valence-corrected chi connectivity index (χ1v) is 9.19. The number of likely N-dealkylation sites (tertiary alicyclic amines) is 1. The summed E-state index contributed by atoms with van der Waals surface area (Å²) in [5.41, 5.74) is 8.55. The van der Waals surface area contributed by atoms with Gasteiger partial charge in [0.05, 0.1) is 5.92 Å². The van der Waals surface area contributed by atoms with E-state index in [1.54, 1.807) is 12.1 Å². The standard InChI is InChI=1S/C21H26FN3O/c22-19-5-1-3-17(13-19)14-25-12-2-4-18(15-25)21(26)24-11-10-16-6-8-20(23)9-7-16/h1,3,5-9,13,18H,2,4,10-12,14-15,23H2,(H,24,26). The number of amides is 1. The monoisotopic (exact) mass is 355 g/mol. The van der Waals surface area contributed by atoms with Crippen molar-refractivity contribution in [3.05, 3.63) is 65.5 Å². The molecule has 0 spiro atoms. The van der Waals surface area contributed by atoms with Crippen LogP contribution in [0.3, 0.4) is 0 Å². The van der Waals surface area contributed by atoms with Gasteiger partial charge in [0.1, 0.15) is 5.82 Å². The molecule has 3 rings (SSSR count). The molecule has 1 aliphatic rings. The van der Waals surface area contributed by atoms with E-state index in [1.165, 1.54) is 6.07 Å². The highest BCUT2D eigenvalue weighted by Gasteiger charge is 2.25. The summed E-state index contributed by atoms with van der Waals surface area (Å²) >= 11 is 0. The lowest BCUT2D eigenvalue weighted by Gasteiger charge is -2.32. The number of halogens is 1. The first-order chi connectivity index (χ1) is 12.6. The Morgan fingerprint density at radius 3 is 2.77 bits per heavy atom. The minimum absolute atomic E-state index is 0.00345. The summed E-state index contributed by atoms with van der Waals surface area (Å²) in [6.07, 6.45) is 2.70. The molecule has 0 bridgehead atoms. The van der Waals surface area contributed by atoms with E-state index >= 15 is 0 Å². The van der Waals surface area contributed by atoms with Crippen LogP contribution in [0.2, 0.25) is 0 Å². The van der Waals surface area contributed by atoms with Gasteiger partial charge < -0.3 is 11.1 Å². The zero-order valence-electron chi connectivity index (χ0n) is 15.0. The van der Waals surface area contributed by atoms with Gasteiger partial charge in [-0.05, 0) is 61.2 Å². The molecule has 3 N–H and O–H groups in total. The number of piperidine rings is 1. The number of nitrogens with zero attached hydrogens (tertiary/aromatic N) is 1. The molecule has 1 amide bonds. The number of anilines is 1. The fraction of sp³-hybridized carbons (Fsp3) is 0.381. The second-order valence-corrected chi connectivity index (χ2v) is 6.99. The van der Waals surface area contributed by atoms with Crippen LogP contribution in [0, 0.1) is 11.7 Å². The van der Waals surface area contributed by atoms with Crippen LogP contribution in [0.5, 0.6) is 0 Å². The smallest absolute Gasteiger partial charge is 0.224 e. The molecular weight excluding hydrogens is 329 g/mol. The number of hydrogen-bond acceptors (Lipinski definition) is 3. The second-order valence-electron chi connectivity index (χ2n) is 6.99. The molecule has 1 atom stereocenters. The number of rotatable bonds is 6. The number of nitrogen functional groups attached to an aromatic ring is 1. The highest BCUT2D eigenvalue weighted by Crippen LogP contribution is 2.19. The Hall–Kier alpha value is -2.40. The second kappa shape index (κ2) is 8.81. The first-order valence-electron chi connectivity index (χ1n) is 9.19. The van der Waals surface area contributed by atoms with Crippen molar-refractivity contribution in [3.8, 4) is 0 Å². The van der Waals surface area contributed by atoms with Gasteiger partial charge >= 0.3 is 0 Å². The van der Waals surface area contributed by atoms with Gasteiger partial charge in [-0.25, -0.2) is 4.39 Å². The predicted octanol–water partition coefficient (Wildman–Crippen LogP) is 2.98. The molecule has 26 heavy (non-hydrogen) atoms. The molecular formula is C21H26FN3O. The van der Waals surface area contributed by atoms with Crippen LogP contribution >= 0.6 is 0 Å². The van der Waals surface area contributed by atoms with Gasteiger partial charge in [0.2, 0.25) is 5.91 Å². The molecule has 0 radical (unpaired) electrons. The van der Waals surface area contributed by atoms with Crippen LogP contribution in [0.1, 0.15) is 24.0 Å². The first kappa shape index (κ1) is 18.4. The summed E-state index contributed by atoms with van der Waals surface area (Å²) in [6, 6.07) is 14.4. The molecule has 4 nitrogen and oxygen atoms in total. The van der Waals surface area contributed by atoms with Gasteiger partial charge in [0.15, 0.2) is 0 Å². The number of benzene rings is 2. The predicted molar refractivity (Wildman–Crippen MR) is 102 cm³/mol. The van der Waals surface area contributed by atoms with Gasteiger partial charge in [-0.15, -0.1) is 0 Å². The Balaban J connectivity index is 1.45. The lowest BCUT2D eigenvalue weighted by atomic mass is 9.96. The van der Waals surface area contributed by atoms with Crippen LogP contribution in [-0.4, -0.2) is 30.4 Å². The maximum Gasteiger partial charge on any atom is 0.224 e. The van der Waals surface area contributed by atoms with Crippen LogP contribution in [0.15, 0.2) is 48.5 Å². The van der Waals surface area contributed by atoms with Crippen molar-refractivity contribution < 1.29 is 9.18 Å². The Bertz CT molecular complexity index is 732. The van der Waals surface area contributed by atoms with Crippen molar-refractivity contribution in [2.45, 2.75) is 25.8 Å². The molecule has 1 aliphatic heterocycles. The molecule has 5 heteroatoms. The number of carbonyl (C=O) groups is 1. The van der Waals surface area contributed by atoms with E-state index in [9.17, 15) is 9.18 Å². The highest BCUT2D eigenvalue weighted by atomic mass is 19.1. The Labute approximate surface area is 154 Å². The van der Waals surface area contributed by atoms with E-state index in [0.717, 1.165) is 49.2 Å². The molecule has 1 saturated heterocycles. The van der Waals surface area contributed by atoms with E-state index in [-0.39, 0.29) is 17.6 Å². The molecule has 0 aliphatic carbocycles. The summed E-state index contributed by atoms with van der Waals surface area (Å²) in [7, 11) is 0. The zero-order valence-corrected chi connectivity index (χ0v) is 15.0. The minimum atomic E-state index is -0.212. The molecule has 1 fully saturated rings. The SMILES string of the molecule is Nc1ccc(CCNC(=O)C2CCCN(Cc3cccc(F)c3)C2)cc1. The normalized spacial score (nSPS) is 17.8. The average Bonchev–Trinajstić information content (AvgIpc) is 2.63. The van der Waals surface area contributed by atoms with Crippen molar-refractivity contribution in [3.63, 3.8) is 0 Å². The lowest BCUT2D eigenvalue weighted by molar-refractivity contribution is -0.126. The van der Waals surface area contributed by atoms with Crippen molar-refractivity contribution in [1.82, 2.24) is 10.2 Å². The number of hydrogen-bond donors (Lipinski definition) is 2. The number of nitrogens with two attached hydrogens (primary N) is 1. The lowest BCUT2D eigenvalue weighted by Crippen LogP contribution is -2.43. The molecule has 0 saturated carbocycles. The van der Waals surface area contributed by atoms with Crippen molar-refractivity contribution in [2.24, 2.45) is 5.92 Å². The quantitative estimate of drug-likeness (QED) is 0.783. The number of carbonyl (C=O) groups excluding carboxylic acids is 1. The van der Waals surface area contributed by atoms with Crippen LogP contribution in [0.4, 0.5) is 10.1 Å². The number of nitrogens with one attached hydrogen (secondary N) is 1. The maximum atomic E-state index is 13.3. The van der Waals surface area contributed by atoms with E-state index in [2.05, 4.69) is 10.2 Å². The summed E-state index contributed by atoms with van der Waals surface area (Å²) < 4.78 is 13.3. The van der Waals surface area contributed by atoms with Crippen LogP contribution in [0.25, 0.3) is 0 Å². The van der Waals surface area contributed by atoms with E-state index < -0.39 is 0 Å². The summed E-state index contributed by atoms with van der Waals surface area (Å²) in [5.74, 6) is -0.0930. The summed E-state index contributed by atoms with van der Waals surface area (Å²) in [6.45, 7) is 2.99. The average molecular weight is 355 g/mol. The molecule has 2 aromatic carbocycles. The maximum absolute atomic E-state index is 13.3. The van der Waals surface area contributed by atoms with E-state index in [1.807, 2.05) is 30.3 Å². The Morgan fingerprint density at radius 1 is 1.19 bits per heavy atom. The topological polar surface area (TPSA) is 58.4 Å². The molecule has 2 aromatic rings. The third-order valence-corrected chi connectivity index (χ3v) is 4.86. The Morgan fingerprint density at radius 2 is 2.00 bits per heavy atom. The van der Waals surface area contributed by atoms with Crippen molar-refractivity contribution >= 4 is 11.6 Å². The molecule has 138 valence electrons. The van der Waals surface area contributed by atoms with Gasteiger partial charge in [-0.1, -0.05) is 24.3 Å². The summed E-state index contributed by atoms with van der Waals surface area (Å²) in [4.78, 5) is 14.7. The van der Waals surface area contributed by atoms with Gasteiger partial charge in [0, 0.05) is 25.3 Å². The van der Waals surface area contributed by atoms with E-state index in [4.69, 9.17) is 5.73 Å². The fourth-order valence-electron chi connectivity index (χ4n) is 3.47. The van der Waals surface area contributed by atoms with E-state index in [0.29, 0.717) is 13.1 Å². The third-order valence-electron chi connectivity index (χ3n) is 4.86. The molecule has 0 aromatic heterocycles. The van der Waals surface area contributed by atoms with Gasteiger partial charge in [0.25, 0.3) is 0 Å². The van der Waals surface area contributed by atoms with Gasteiger partial charge in [-0.2, -0.15) is 0 Å². The highest BCUT2D eigenvalue weighted by molar-refractivity contribution is 5.79. The Kier molecular flexibility index (Phi) is 6.23. The fourth-order valence-corrected chi connectivity index (χ4v) is 3.47. The van der Waals surface area contributed by atoms with Crippen molar-refractivity contribution in [2.75, 3.05) is 25.4 Å².